The summed E-state index contributed by atoms with van der Waals surface area (Å²) in [6.45, 7) is 0.964. The number of rotatable bonds is 5. The zero-order chi connectivity index (χ0) is 19.6. The number of nitrogens with one attached hydrogen (secondary N) is 1. The molecule has 1 aliphatic rings. The van der Waals surface area contributed by atoms with Crippen LogP contribution in [0.1, 0.15) is 29.8 Å². The fourth-order valence-electron chi connectivity index (χ4n) is 3.07. The lowest BCUT2D eigenvalue weighted by molar-refractivity contribution is 0.0991. The van der Waals surface area contributed by atoms with Crippen molar-refractivity contribution in [3.05, 3.63) is 53.7 Å². The van der Waals surface area contributed by atoms with Gasteiger partial charge in [0.25, 0.3) is 15.9 Å². The molecule has 0 bridgehead atoms. The van der Waals surface area contributed by atoms with Crippen LogP contribution in [0, 0.1) is 0 Å². The first-order valence-electron chi connectivity index (χ1n) is 8.95. The third kappa shape index (κ3) is 3.87. The SMILES string of the molecule is O=C(Nc1ccc(-c2nccs2)cc1)c1ccc(S(=O)(=O)N2CCCCC2)o1. The molecular weight excluding hydrogens is 398 g/mol. The average Bonchev–Trinajstić information content (AvgIpc) is 3.42. The van der Waals surface area contributed by atoms with Gasteiger partial charge in [0.15, 0.2) is 5.76 Å². The van der Waals surface area contributed by atoms with Crippen molar-refractivity contribution in [1.82, 2.24) is 9.29 Å². The van der Waals surface area contributed by atoms with Gasteiger partial charge in [0.1, 0.15) is 5.01 Å². The second kappa shape index (κ2) is 7.86. The fraction of sp³-hybridized carbons (Fsp3) is 0.263. The summed E-state index contributed by atoms with van der Waals surface area (Å²) >= 11 is 1.54. The number of aromatic nitrogens is 1. The zero-order valence-electron chi connectivity index (χ0n) is 15.0. The summed E-state index contributed by atoms with van der Waals surface area (Å²) in [5.74, 6) is -0.540. The molecule has 2 aromatic heterocycles. The van der Waals surface area contributed by atoms with Gasteiger partial charge in [0.05, 0.1) is 0 Å². The zero-order valence-corrected chi connectivity index (χ0v) is 16.6. The number of thiazole rings is 1. The highest BCUT2D eigenvalue weighted by molar-refractivity contribution is 7.89. The number of nitrogens with zero attached hydrogens (tertiary/aromatic N) is 2. The lowest BCUT2D eigenvalue weighted by Gasteiger charge is -2.24. The highest BCUT2D eigenvalue weighted by Gasteiger charge is 2.29. The van der Waals surface area contributed by atoms with Gasteiger partial charge in [-0.05, 0) is 49.2 Å². The Morgan fingerprint density at radius 3 is 2.50 bits per heavy atom. The van der Waals surface area contributed by atoms with Crippen LogP contribution in [0.5, 0.6) is 0 Å². The topological polar surface area (TPSA) is 92.5 Å². The van der Waals surface area contributed by atoms with E-state index in [0.717, 1.165) is 29.8 Å². The number of carbonyl (C=O) groups is 1. The standard InChI is InChI=1S/C19H19N3O4S2/c23-18(21-15-6-4-14(5-7-15)19-20-10-13-27-19)16-8-9-17(26-16)28(24,25)22-11-2-1-3-12-22/h4-10,13H,1-3,11-12H2,(H,21,23). The molecule has 7 nitrogen and oxygen atoms in total. The molecule has 1 aliphatic heterocycles. The molecule has 146 valence electrons. The van der Waals surface area contributed by atoms with Crippen LogP contribution in [0.3, 0.4) is 0 Å². The molecule has 1 aromatic carbocycles. The van der Waals surface area contributed by atoms with Crippen LogP contribution in [-0.4, -0.2) is 36.7 Å². The Morgan fingerprint density at radius 1 is 1.07 bits per heavy atom. The van der Waals surface area contributed by atoms with Crippen LogP contribution in [0.25, 0.3) is 10.6 Å². The van der Waals surface area contributed by atoms with Crippen LogP contribution < -0.4 is 5.32 Å². The maximum Gasteiger partial charge on any atom is 0.291 e. The Labute approximate surface area is 167 Å². The summed E-state index contributed by atoms with van der Waals surface area (Å²) < 4.78 is 32.0. The number of piperidine rings is 1. The second-order valence-electron chi connectivity index (χ2n) is 6.45. The molecule has 3 heterocycles. The number of sulfonamides is 1. The summed E-state index contributed by atoms with van der Waals surface area (Å²) in [5, 5.41) is 5.32. The number of amides is 1. The minimum Gasteiger partial charge on any atom is -0.438 e. The Hall–Kier alpha value is -2.49. The maximum atomic E-state index is 12.6. The van der Waals surface area contributed by atoms with E-state index < -0.39 is 15.9 Å². The largest absolute Gasteiger partial charge is 0.438 e. The normalized spacial score (nSPS) is 15.4. The molecule has 1 saturated heterocycles. The highest BCUT2D eigenvalue weighted by Crippen LogP contribution is 2.25. The van der Waals surface area contributed by atoms with Crippen molar-refractivity contribution in [2.45, 2.75) is 24.4 Å². The Morgan fingerprint density at radius 2 is 1.82 bits per heavy atom. The quantitative estimate of drug-likeness (QED) is 0.681. The molecule has 4 rings (SSSR count). The molecule has 0 unspecified atom stereocenters. The van der Waals surface area contributed by atoms with Gasteiger partial charge in [-0.3, -0.25) is 4.79 Å². The van der Waals surface area contributed by atoms with Crippen LogP contribution in [0.4, 0.5) is 5.69 Å². The summed E-state index contributed by atoms with van der Waals surface area (Å²) in [6, 6.07) is 9.98. The summed E-state index contributed by atoms with van der Waals surface area (Å²) in [4.78, 5) is 16.7. The Bertz CT molecular complexity index is 1050. The molecule has 0 atom stereocenters. The monoisotopic (exact) mass is 417 g/mol. The Kier molecular flexibility index (Phi) is 5.29. The van der Waals surface area contributed by atoms with E-state index in [0.29, 0.717) is 18.8 Å². The van der Waals surface area contributed by atoms with Crippen LogP contribution in [0.15, 0.2) is 57.5 Å². The predicted octanol–water partition coefficient (Wildman–Crippen LogP) is 3.83. The van der Waals surface area contributed by atoms with Gasteiger partial charge in [-0.15, -0.1) is 11.3 Å². The van der Waals surface area contributed by atoms with Gasteiger partial charge in [0, 0.05) is 35.9 Å². The van der Waals surface area contributed by atoms with Crippen molar-refractivity contribution in [2.24, 2.45) is 0 Å². The number of hydrogen-bond donors (Lipinski definition) is 1. The van der Waals surface area contributed by atoms with Crippen molar-refractivity contribution >= 4 is 33.0 Å². The predicted molar refractivity (Wildman–Crippen MR) is 107 cm³/mol. The lowest BCUT2D eigenvalue weighted by Crippen LogP contribution is -2.35. The molecule has 1 N–H and O–H groups in total. The number of anilines is 1. The highest BCUT2D eigenvalue weighted by atomic mass is 32.2. The van der Waals surface area contributed by atoms with Crippen molar-refractivity contribution in [3.8, 4) is 10.6 Å². The average molecular weight is 418 g/mol. The van der Waals surface area contributed by atoms with Crippen molar-refractivity contribution in [3.63, 3.8) is 0 Å². The first-order chi connectivity index (χ1) is 13.5. The van der Waals surface area contributed by atoms with E-state index in [1.807, 2.05) is 17.5 Å². The minimum atomic E-state index is -3.70. The molecular formula is C19H19N3O4S2. The lowest BCUT2D eigenvalue weighted by atomic mass is 10.2. The Balaban J connectivity index is 1.46. The van der Waals surface area contributed by atoms with E-state index in [1.165, 1.54) is 27.8 Å². The molecule has 3 aromatic rings. The smallest absolute Gasteiger partial charge is 0.291 e. The molecule has 9 heteroatoms. The molecule has 1 amide bonds. The van der Waals surface area contributed by atoms with Gasteiger partial charge in [0.2, 0.25) is 5.09 Å². The van der Waals surface area contributed by atoms with Crippen LogP contribution >= 0.6 is 11.3 Å². The first kappa shape index (κ1) is 18.9. The van der Waals surface area contributed by atoms with Gasteiger partial charge < -0.3 is 9.73 Å². The van der Waals surface area contributed by atoms with E-state index in [-0.39, 0.29) is 10.9 Å². The molecule has 0 spiro atoms. The summed E-state index contributed by atoms with van der Waals surface area (Å²) in [6.07, 6.45) is 4.44. The fourth-order valence-corrected chi connectivity index (χ4v) is 5.14. The third-order valence-corrected chi connectivity index (χ3v) is 7.13. The van der Waals surface area contributed by atoms with Gasteiger partial charge >= 0.3 is 0 Å². The van der Waals surface area contributed by atoms with Crippen LogP contribution in [0.2, 0.25) is 0 Å². The number of benzene rings is 1. The molecule has 1 fully saturated rings. The molecule has 0 radical (unpaired) electrons. The number of hydrogen-bond acceptors (Lipinski definition) is 6. The summed E-state index contributed by atoms with van der Waals surface area (Å²) in [5.41, 5.74) is 1.54. The van der Waals surface area contributed by atoms with E-state index in [9.17, 15) is 13.2 Å². The van der Waals surface area contributed by atoms with Gasteiger partial charge in [-0.1, -0.05) is 6.42 Å². The number of furan rings is 1. The molecule has 0 saturated carbocycles. The van der Waals surface area contributed by atoms with E-state index >= 15 is 0 Å². The van der Waals surface area contributed by atoms with E-state index in [2.05, 4.69) is 10.3 Å². The van der Waals surface area contributed by atoms with Gasteiger partial charge in [-0.2, -0.15) is 4.31 Å². The minimum absolute atomic E-state index is 0.0421. The van der Waals surface area contributed by atoms with Crippen molar-refractivity contribution in [1.29, 1.82) is 0 Å². The van der Waals surface area contributed by atoms with Gasteiger partial charge in [-0.25, -0.2) is 13.4 Å². The second-order valence-corrected chi connectivity index (χ2v) is 9.22. The van der Waals surface area contributed by atoms with Crippen LogP contribution in [-0.2, 0) is 10.0 Å². The summed E-state index contributed by atoms with van der Waals surface area (Å²) in [7, 11) is -3.70. The third-order valence-electron chi connectivity index (χ3n) is 4.54. The molecule has 0 aliphatic carbocycles. The maximum absolute atomic E-state index is 12.6. The van der Waals surface area contributed by atoms with E-state index in [1.54, 1.807) is 18.3 Å². The van der Waals surface area contributed by atoms with Crippen molar-refractivity contribution < 1.29 is 17.6 Å². The van der Waals surface area contributed by atoms with E-state index in [4.69, 9.17) is 4.42 Å². The molecule has 28 heavy (non-hydrogen) atoms. The van der Waals surface area contributed by atoms with Crippen molar-refractivity contribution in [2.75, 3.05) is 18.4 Å². The first-order valence-corrected chi connectivity index (χ1v) is 11.3. The number of carbonyl (C=O) groups excluding carboxylic acids is 1.